The van der Waals surface area contributed by atoms with Crippen molar-refractivity contribution in [2.75, 3.05) is 26.2 Å². The second-order valence-corrected chi connectivity index (χ2v) is 19.1. The number of para-hydroxylation sites is 1. The number of aromatic nitrogens is 1. The Bertz CT molecular complexity index is 2320. The van der Waals surface area contributed by atoms with Crippen molar-refractivity contribution in [2.24, 2.45) is 11.7 Å². The summed E-state index contributed by atoms with van der Waals surface area (Å²) < 4.78 is 5.68. The van der Waals surface area contributed by atoms with Crippen LogP contribution < -0.4 is 32.3 Å². The number of nitrogens with zero attached hydrogens (tertiary/aromatic N) is 2. The van der Waals surface area contributed by atoms with Gasteiger partial charge in [-0.2, -0.15) is 0 Å². The number of ether oxygens (including phenoxy) is 1. The lowest BCUT2D eigenvalue weighted by molar-refractivity contribution is -0.159. The molecule has 0 spiro atoms. The largest absolute Gasteiger partial charge is 0.444 e. The van der Waals surface area contributed by atoms with E-state index in [1.165, 1.54) is 6.92 Å². The van der Waals surface area contributed by atoms with Gasteiger partial charge in [0.25, 0.3) is 11.8 Å². The number of benzene rings is 2. The van der Waals surface area contributed by atoms with Crippen molar-refractivity contribution in [3.63, 3.8) is 0 Å². The van der Waals surface area contributed by atoms with Crippen LogP contribution in [0.5, 0.6) is 0 Å². The predicted molar refractivity (Wildman–Crippen MR) is 262 cm³/mol. The summed E-state index contributed by atoms with van der Waals surface area (Å²) >= 11 is 0. The van der Waals surface area contributed by atoms with Gasteiger partial charge < -0.3 is 57.2 Å². The summed E-state index contributed by atoms with van der Waals surface area (Å²) in [7, 11) is 0. The lowest BCUT2D eigenvalue weighted by atomic mass is 9.84. The van der Waals surface area contributed by atoms with Gasteiger partial charge >= 0.3 is 6.09 Å². The number of rotatable bonds is 18. The molecular weight excluding hydrogens is 915 g/mol. The monoisotopic (exact) mass is 986 g/mol. The van der Waals surface area contributed by atoms with Crippen LogP contribution in [0.15, 0.2) is 60.8 Å². The number of unbranched alkanes of at least 4 members (excludes halogenated alkanes) is 1. The fraction of sp³-hybridized carbons (Fsp3) is 0.569. The van der Waals surface area contributed by atoms with E-state index in [9.17, 15) is 34.2 Å². The zero-order chi connectivity index (χ0) is 51.0. The highest BCUT2D eigenvalue weighted by Gasteiger charge is 2.49. The Morgan fingerprint density at radius 3 is 2.25 bits per heavy atom. The highest BCUT2D eigenvalue weighted by Crippen LogP contribution is 2.30. The number of hydrogen-bond donors (Lipinski definition) is 9. The van der Waals surface area contributed by atoms with Gasteiger partial charge in [0.1, 0.15) is 42.4 Å². The fourth-order valence-electron chi connectivity index (χ4n) is 9.94. The van der Waals surface area contributed by atoms with E-state index in [1.54, 1.807) is 36.5 Å². The van der Waals surface area contributed by atoms with E-state index in [0.717, 1.165) is 52.8 Å². The smallest absolute Gasteiger partial charge is 0.407 e. The highest BCUT2D eigenvalue weighted by molar-refractivity contribution is 6.07. The number of carbonyl (C=O) groups excluding carboxylic acids is 8. The maximum Gasteiger partial charge on any atom is 0.407 e. The minimum Gasteiger partial charge on any atom is -0.444 e. The SMILES string of the molecule is CCCC[C@@H]1NC(=O)[C@H](Cc2c[nH]c3ccccc23)NC(=O)[C@H](CC2CCCCC2)NC(=O)[C@@H]2C[C@@H](OC(=O)NCC(O)CO)CN2C(=O)[C@H](CCCN)N(C(=O)[C@H](Cc2ccccc2)NC(C)=O)C1=O. The molecule has 8 atom stereocenters. The van der Waals surface area contributed by atoms with E-state index >= 15 is 14.4 Å². The molecule has 20 heteroatoms. The summed E-state index contributed by atoms with van der Waals surface area (Å²) in [4.78, 5) is 122. The van der Waals surface area contributed by atoms with Gasteiger partial charge in [-0.1, -0.05) is 100 Å². The number of H-pyrrole nitrogens is 1. The van der Waals surface area contributed by atoms with Crippen molar-refractivity contribution in [3.05, 3.63) is 71.9 Å². The van der Waals surface area contributed by atoms with Gasteiger partial charge in [0.05, 0.1) is 19.3 Å². The Morgan fingerprint density at radius 1 is 0.859 bits per heavy atom. The summed E-state index contributed by atoms with van der Waals surface area (Å²) in [5.74, 6) is -5.48. The van der Waals surface area contributed by atoms with Gasteiger partial charge in [-0.25, -0.2) is 4.79 Å². The number of carbonyl (C=O) groups is 8. The number of alkyl carbamates (subject to hydrolysis) is 1. The van der Waals surface area contributed by atoms with Gasteiger partial charge in [0, 0.05) is 49.8 Å². The molecule has 3 fully saturated rings. The summed E-state index contributed by atoms with van der Waals surface area (Å²) in [6, 6.07) is 7.86. The van der Waals surface area contributed by atoms with E-state index in [0.29, 0.717) is 24.0 Å². The predicted octanol–water partition coefficient (Wildman–Crippen LogP) is 1.60. The Hall–Kier alpha value is -6.38. The second-order valence-electron chi connectivity index (χ2n) is 19.1. The third-order valence-electron chi connectivity index (χ3n) is 13.6. The first-order chi connectivity index (χ1) is 34.2. The number of aliphatic hydroxyl groups excluding tert-OH is 2. The molecule has 386 valence electrons. The molecule has 3 heterocycles. The van der Waals surface area contributed by atoms with Crippen molar-refractivity contribution in [1.29, 1.82) is 0 Å². The summed E-state index contributed by atoms with van der Waals surface area (Å²) in [6.07, 6.45) is 3.56. The van der Waals surface area contributed by atoms with E-state index in [4.69, 9.17) is 10.5 Å². The quantitative estimate of drug-likeness (QED) is 0.0879. The number of aliphatic hydroxyl groups is 2. The molecular formula is C51H71N9O11. The standard InChI is InChI=1S/C51H71N9O11/c1-3-4-19-39-48(67)60(49(68)42(55-31(2)62)24-33-16-9-6-10-17-33)43(21-13-22-52)50(69)59-29-36(71-51(70)54-28-35(63)30-61)26-44(59)47(66)58-40(23-32-14-7-5-8-15-32)45(64)57-41(46(65)56-39)25-34-27-53-38-20-12-11-18-37(34)38/h6,9-12,16-18,20,27,32,35-36,39-44,53,61,63H,3-5,7-8,13-15,19,21-26,28-30,52H2,1-2H3,(H,54,70)(H,55,62)(H,56,65)(H,57,64)(H,58,66)/t35?,36-,39+,40+,41+,42+,43+,44+/m1/s1. The molecule has 2 aromatic carbocycles. The highest BCUT2D eigenvalue weighted by atomic mass is 16.6. The van der Waals surface area contributed by atoms with Gasteiger partial charge in [0.2, 0.25) is 29.5 Å². The van der Waals surface area contributed by atoms with Crippen LogP contribution >= 0.6 is 0 Å². The Morgan fingerprint density at radius 2 is 1.55 bits per heavy atom. The van der Waals surface area contributed by atoms with E-state index in [2.05, 4.69) is 31.6 Å². The first-order valence-corrected chi connectivity index (χ1v) is 25.1. The lowest BCUT2D eigenvalue weighted by Gasteiger charge is -2.37. The van der Waals surface area contributed by atoms with Crippen LogP contribution in [-0.4, -0.2) is 147 Å². The van der Waals surface area contributed by atoms with Crippen molar-refractivity contribution >= 4 is 58.3 Å². The molecule has 0 radical (unpaired) electrons. The Kier molecular flexibility index (Phi) is 19.9. The summed E-state index contributed by atoms with van der Waals surface area (Å²) in [5, 5.41) is 33.7. The topological polar surface area (TPSA) is 295 Å². The van der Waals surface area contributed by atoms with Crippen LogP contribution in [0, 0.1) is 5.92 Å². The number of hydrogen-bond acceptors (Lipinski definition) is 12. The molecule has 8 amide bonds. The molecule has 6 rings (SSSR count). The number of aromatic amines is 1. The number of fused-ring (bicyclic) bond motifs is 2. The van der Waals surface area contributed by atoms with Crippen LogP contribution in [-0.2, 0) is 51.1 Å². The van der Waals surface area contributed by atoms with Crippen molar-refractivity contribution in [3.8, 4) is 0 Å². The summed E-state index contributed by atoms with van der Waals surface area (Å²) in [6.45, 7) is 1.75. The summed E-state index contributed by atoms with van der Waals surface area (Å²) in [5.41, 5.74) is 8.17. The number of amides is 8. The molecule has 1 aliphatic carbocycles. The van der Waals surface area contributed by atoms with Crippen molar-refractivity contribution in [2.45, 2.75) is 152 Å². The lowest BCUT2D eigenvalue weighted by Crippen LogP contribution is -2.63. The molecule has 20 nitrogen and oxygen atoms in total. The average molecular weight is 986 g/mol. The van der Waals surface area contributed by atoms with E-state index < -0.39 is 103 Å². The van der Waals surface area contributed by atoms with Crippen LogP contribution in [0.25, 0.3) is 10.9 Å². The molecule has 2 aliphatic heterocycles. The van der Waals surface area contributed by atoms with Gasteiger partial charge in [-0.05, 0) is 55.3 Å². The molecule has 3 aliphatic rings. The Labute approximate surface area is 413 Å². The molecule has 1 aromatic heterocycles. The molecule has 1 saturated carbocycles. The molecule has 10 N–H and O–H groups in total. The number of nitrogens with one attached hydrogen (secondary N) is 6. The second kappa shape index (κ2) is 26.2. The van der Waals surface area contributed by atoms with Crippen molar-refractivity contribution in [1.82, 2.24) is 41.4 Å². The van der Waals surface area contributed by atoms with Crippen LogP contribution in [0.3, 0.4) is 0 Å². The van der Waals surface area contributed by atoms with E-state index in [1.807, 2.05) is 31.2 Å². The zero-order valence-corrected chi connectivity index (χ0v) is 40.7. The van der Waals surface area contributed by atoms with Crippen LogP contribution in [0.4, 0.5) is 4.79 Å². The molecule has 3 aromatic rings. The first-order valence-electron chi connectivity index (χ1n) is 25.1. The van der Waals surface area contributed by atoms with Gasteiger partial charge in [-0.15, -0.1) is 0 Å². The zero-order valence-electron chi connectivity index (χ0n) is 40.7. The van der Waals surface area contributed by atoms with Gasteiger partial charge in [0.15, 0.2) is 0 Å². The number of imide groups is 1. The maximum absolute atomic E-state index is 15.6. The van der Waals surface area contributed by atoms with Crippen LogP contribution in [0.1, 0.15) is 102 Å². The third kappa shape index (κ3) is 14.6. The number of nitrogens with two attached hydrogens (primary N) is 1. The normalized spacial score (nSPS) is 23.6. The molecule has 2 saturated heterocycles. The van der Waals surface area contributed by atoms with Crippen LogP contribution in [0.2, 0.25) is 0 Å². The molecule has 0 bridgehead atoms. The molecule has 71 heavy (non-hydrogen) atoms. The minimum absolute atomic E-state index is 0.0204. The third-order valence-corrected chi connectivity index (χ3v) is 13.6. The molecule has 1 unspecified atom stereocenters. The fourth-order valence-corrected chi connectivity index (χ4v) is 9.94. The average Bonchev–Trinajstić information content (AvgIpc) is 3.98. The maximum atomic E-state index is 15.6. The first kappa shape index (κ1) is 54.0. The van der Waals surface area contributed by atoms with Gasteiger partial charge in [-0.3, -0.25) is 38.5 Å². The van der Waals surface area contributed by atoms with Crippen molar-refractivity contribution < 1.29 is 53.3 Å². The van der Waals surface area contributed by atoms with E-state index in [-0.39, 0.29) is 70.5 Å². The Balaban J connectivity index is 1.50. The minimum atomic E-state index is -1.65.